The highest BCUT2D eigenvalue weighted by Crippen LogP contribution is 2.39. The molecule has 0 bridgehead atoms. The number of carbonyl (C=O) groups excluding carboxylic acids is 1. The van der Waals surface area contributed by atoms with Gasteiger partial charge in [0, 0.05) is 18.5 Å². The summed E-state index contributed by atoms with van der Waals surface area (Å²) in [5.41, 5.74) is 3.13. The van der Waals surface area contributed by atoms with Crippen LogP contribution >= 0.6 is 11.6 Å². The normalized spacial score (nSPS) is 13.8. The Hall–Kier alpha value is -2.67. The third kappa shape index (κ3) is 3.62. The summed E-state index contributed by atoms with van der Waals surface area (Å²) in [6.07, 6.45) is 6.67. The van der Waals surface area contributed by atoms with Crippen LogP contribution in [0, 0.1) is 0 Å². The molecule has 3 heterocycles. The van der Waals surface area contributed by atoms with Gasteiger partial charge in [-0.2, -0.15) is 0 Å². The van der Waals surface area contributed by atoms with Crippen LogP contribution in [0.3, 0.4) is 0 Å². The van der Waals surface area contributed by atoms with Crippen molar-refractivity contribution in [3.8, 4) is 0 Å². The summed E-state index contributed by atoms with van der Waals surface area (Å²) >= 11 is 5.97. The van der Waals surface area contributed by atoms with Crippen molar-refractivity contribution in [1.29, 1.82) is 0 Å². The summed E-state index contributed by atoms with van der Waals surface area (Å²) in [7, 11) is 0. The molecule has 0 unspecified atom stereocenters. The molecule has 1 N–H and O–H groups in total. The Kier molecular flexibility index (Phi) is 4.46. The quantitative estimate of drug-likeness (QED) is 0.528. The third-order valence-corrected chi connectivity index (χ3v) is 4.37. The molecular formula is C18H18ClN5O2. The van der Waals surface area contributed by atoms with Gasteiger partial charge in [0.05, 0.1) is 18.8 Å². The van der Waals surface area contributed by atoms with Crippen LogP contribution in [0.4, 0.5) is 5.82 Å². The van der Waals surface area contributed by atoms with E-state index in [1.807, 2.05) is 16.7 Å². The van der Waals surface area contributed by atoms with E-state index in [1.54, 1.807) is 13.0 Å². The van der Waals surface area contributed by atoms with Crippen molar-refractivity contribution >= 4 is 29.0 Å². The van der Waals surface area contributed by atoms with Crippen LogP contribution in [0.5, 0.6) is 0 Å². The van der Waals surface area contributed by atoms with Gasteiger partial charge in [0.25, 0.3) is 0 Å². The number of imidazole rings is 1. The van der Waals surface area contributed by atoms with Gasteiger partial charge in [-0.25, -0.2) is 19.7 Å². The van der Waals surface area contributed by atoms with E-state index in [-0.39, 0.29) is 17.6 Å². The van der Waals surface area contributed by atoms with Gasteiger partial charge in [0.1, 0.15) is 16.6 Å². The smallest absolute Gasteiger partial charge is 0.376 e. The molecule has 1 fully saturated rings. The monoisotopic (exact) mass is 371 g/mol. The van der Waals surface area contributed by atoms with Crippen LogP contribution in [0.1, 0.15) is 47.6 Å². The van der Waals surface area contributed by atoms with E-state index < -0.39 is 5.97 Å². The van der Waals surface area contributed by atoms with Crippen LogP contribution in [0.25, 0.3) is 5.65 Å². The van der Waals surface area contributed by atoms with Gasteiger partial charge in [-0.1, -0.05) is 17.7 Å². The standard InChI is InChI=1S/C18H18ClN5O2/c1-2-26-18(25)17-22-14(19)7-15(23-17)20-8-13-10-24-9-12(11-3-4-11)5-6-16(24)21-13/h5-7,9-11H,2-4,8H2,1H3,(H,20,22,23). The summed E-state index contributed by atoms with van der Waals surface area (Å²) in [5.74, 6) is 0.487. The topological polar surface area (TPSA) is 81.4 Å². The van der Waals surface area contributed by atoms with E-state index in [4.69, 9.17) is 16.3 Å². The summed E-state index contributed by atoms with van der Waals surface area (Å²) < 4.78 is 6.95. The lowest BCUT2D eigenvalue weighted by atomic mass is 10.2. The fourth-order valence-corrected chi connectivity index (χ4v) is 2.96. The van der Waals surface area contributed by atoms with Crippen LogP contribution in [-0.2, 0) is 11.3 Å². The molecule has 0 saturated heterocycles. The first-order valence-electron chi connectivity index (χ1n) is 8.55. The second-order valence-corrected chi connectivity index (χ2v) is 6.60. The summed E-state index contributed by atoms with van der Waals surface area (Å²) in [4.78, 5) is 24.4. The largest absolute Gasteiger partial charge is 0.460 e. The zero-order chi connectivity index (χ0) is 18.1. The molecule has 4 rings (SSSR count). The van der Waals surface area contributed by atoms with E-state index in [0.29, 0.717) is 18.3 Å². The Balaban J connectivity index is 1.49. The van der Waals surface area contributed by atoms with Crippen LogP contribution < -0.4 is 5.32 Å². The van der Waals surface area contributed by atoms with Gasteiger partial charge in [-0.15, -0.1) is 0 Å². The molecule has 3 aromatic rings. The summed E-state index contributed by atoms with van der Waals surface area (Å²) in [6.45, 7) is 2.43. The molecule has 1 aliphatic carbocycles. The predicted octanol–water partition coefficient (Wildman–Crippen LogP) is 3.44. The number of nitrogens with zero attached hydrogens (tertiary/aromatic N) is 4. The van der Waals surface area contributed by atoms with Crippen molar-refractivity contribution in [2.75, 3.05) is 11.9 Å². The minimum atomic E-state index is -0.599. The lowest BCUT2D eigenvalue weighted by molar-refractivity contribution is 0.0512. The number of hydrogen-bond donors (Lipinski definition) is 1. The SMILES string of the molecule is CCOC(=O)c1nc(Cl)cc(NCc2cn3cc(C4CC4)ccc3n2)n1. The second kappa shape index (κ2) is 6.92. The number of aromatic nitrogens is 4. The molecule has 3 aromatic heterocycles. The van der Waals surface area contributed by atoms with Gasteiger partial charge in [0.2, 0.25) is 5.82 Å². The zero-order valence-electron chi connectivity index (χ0n) is 14.3. The highest BCUT2D eigenvalue weighted by Gasteiger charge is 2.23. The first-order chi connectivity index (χ1) is 12.6. The van der Waals surface area contributed by atoms with Crippen molar-refractivity contribution in [2.45, 2.75) is 32.2 Å². The molecule has 0 radical (unpaired) electrons. The number of fused-ring (bicyclic) bond motifs is 1. The van der Waals surface area contributed by atoms with E-state index in [2.05, 4.69) is 32.5 Å². The number of esters is 1. The molecule has 134 valence electrons. The Bertz CT molecular complexity index is 967. The molecule has 0 atom stereocenters. The molecule has 8 heteroatoms. The van der Waals surface area contributed by atoms with Crippen LogP contribution in [-0.4, -0.2) is 31.9 Å². The van der Waals surface area contributed by atoms with Crippen molar-refractivity contribution in [1.82, 2.24) is 19.4 Å². The van der Waals surface area contributed by atoms with E-state index in [0.717, 1.165) is 11.3 Å². The maximum absolute atomic E-state index is 11.8. The zero-order valence-corrected chi connectivity index (χ0v) is 15.0. The number of carbonyl (C=O) groups is 1. The number of pyridine rings is 1. The third-order valence-electron chi connectivity index (χ3n) is 4.18. The van der Waals surface area contributed by atoms with E-state index in [1.165, 1.54) is 18.4 Å². The molecule has 26 heavy (non-hydrogen) atoms. The molecule has 1 aliphatic rings. The van der Waals surface area contributed by atoms with Gasteiger partial charge in [-0.05, 0) is 37.3 Å². The Labute approximate surface area is 155 Å². The lowest BCUT2D eigenvalue weighted by Gasteiger charge is -2.06. The van der Waals surface area contributed by atoms with Crippen molar-refractivity contribution < 1.29 is 9.53 Å². The van der Waals surface area contributed by atoms with Gasteiger partial charge >= 0.3 is 5.97 Å². The number of hydrogen-bond acceptors (Lipinski definition) is 6. The van der Waals surface area contributed by atoms with Crippen LogP contribution in [0.15, 0.2) is 30.6 Å². The number of rotatable bonds is 6. The number of anilines is 1. The minimum absolute atomic E-state index is 0.0640. The number of halogens is 1. The van der Waals surface area contributed by atoms with Crippen molar-refractivity contribution in [3.63, 3.8) is 0 Å². The van der Waals surface area contributed by atoms with Crippen LogP contribution in [0.2, 0.25) is 5.15 Å². The van der Waals surface area contributed by atoms with Gasteiger partial charge < -0.3 is 14.5 Å². The Morgan fingerprint density at radius 1 is 1.31 bits per heavy atom. The fourth-order valence-electron chi connectivity index (χ4n) is 2.78. The molecular weight excluding hydrogens is 354 g/mol. The van der Waals surface area contributed by atoms with E-state index >= 15 is 0 Å². The average molecular weight is 372 g/mol. The maximum Gasteiger partial charge on any atom is 0.376 e. The second-order valence-electron chi connectivity index (χ2n) is 6.21. The highest BCUT2D eigenvalue weighted by atomic mass is 35.5. The molecule has 1 saturated carbocycles. The van der Waals surface area contributed by atoms with Crippen molar-refractivity contribution in [2.24, 2.45) is 0 Å². The molecule has 0 spiro atoms. The fraction of sp³-hybridized carbons (Fsp3) is 0.333. The Morgan fingerprint density at radius 2 is 2.15 bits per heavy atom. The minimum Gasteiger partial charge on any atom is -0.460 e. The number of nitrogens with one attached hydrogen (secondary N) is 1. The molecule has 0 aromatic carbocycles. The molecule has 0 amide bonds. The first kappa shape index (κ1) is 16.8. The number of ether oxygens (including phenoxy) is 1. The maximum atomic E-state index is 11.8. The van der Waals surface area contributed by atoms with Gasteiger partial charge in [-0.3, -0.25) is 0 Å². The average Bonchev–Trinajstić information content (AvgIpc) is 3.39. The molecule has 7 nitrogen and oxygen atoms in total. The first-order valence-corrected chi connectivity index (χ1v) is 8.93. The van der Waals surface area contributed by atoms with E-state index in [9.17, 15) is 4.79 Å². The Morgan fingerprint density at radius 3 is 2.92 bits per heavy atom. The lowest BCUT2D eigenvalue weighted by Crippen LogP contribution is -2.12. The summed E-state index contributed by atoms with van der Waals surface area (Å²) in [6, 6.07) is 5.75. The summed E-state index contributed by atoms with van der Waals surface area (Å²) in [5, 5.41) is 3.31. The molecule has 0 aliphatic heterocycles. The van der Waals surface area contributed by atoms with Gasteiger partial charge in [0.15, 0.2) is 0 Å². The predicted molar refractivity (Wildman–Crippen MR) is 97.5 cm³/mol. The highest BCUT2D eigenvalue weighted by molar-refractivity contribution is 6.29. The van der Waals surface area contributed by atoms with Crippen molar-refractivity contribution in [3.05, 3.63) is 52.8 Å².